The average molecular weight is 264 g/mol. The molecular weight excluding hydrogens is 254 g/mol. The molecule has 0 unspecified atom stereocenters. The minimum Gasteiger partial charge on any atom is -0.488 e. The van der Waals surface area contributed by atoms with Crippen LogP contribution in [-0.2, 0) is 6.61 Å². The third-order valence-corrected chi connectivity index (χ3v) is 2.50. The van der Waals surface area contributed by atoms with Gasteiger partial charge >= 0.3 is 5.97 Å². The summed E-state index contributed by atoms with van der Waals surface area (Å²) in [5, 5.41) is 8.95. The van der Waals surface area contributed by atoms with E-state index in [4.69, 9.17) is 9.84 Å². The molecule has 0 bridgehead atoms. The number of carboxylic acid groups (broad SMARTS) is 1. The van der Waals surface area contributed by atoms with Crippen molar-refractivity contribution in [3.8, 4) is 5.75 Å². The fraction of sp³-hybridized carbons (Fsp3) is 0.0714. The minimum absolute atomic E-state index is 0.0186. The van der Waals surface area contributed by atoms with Gasteiger partial charge in [-0.3, -0.25) is 0 Å². The molecule has 2 aromatic rings. The van der Waals surface area contributed by atoms with Crippen LogP contribution in [0.5, 0.6) is 5.75 Å². The van der Waals surface area contributed by atoms with Crippen LogP contribution in [0.3, 0.4) is 0 Å². The lowest BCUT2D eigenvalue weighted by atomic mass is 10.2. The molecule has 98 valence electrons. The number of carboxylic acids is 1. The molecule has 0 radical (unpaired) electrons. The Kier molecular flexibility index (Phi) is 3.75. The number of halogens is 2. The first-order valence-corrected chi connectivity index (χ1v) is 5.47. The third-order valence-electron chi connectivity index (χ3n) is 2.50. The van der Waals surface area contributed by atoms with E-state index in [1.54, 1.807) is 12.1 Å². The number of hydrogen-bond donors (Lipinski definition) is 1. The van der Waals surface area contributed by atoms with Gasteiger partial charge in [0.15, 0.2) is 11.6 Å². The predicted octanol–water partition coefficient (Wildman–Crippen LogP) is 3.24. The molecule has 0 fully saturated rings. The number of aromatic carboxylic acids is 1. The lowest BCUT2D eigenvalue weighted by Crippen LogP contribution is -2.03. The first-order chi connectivity index (χ1) is 9.08. The molecule has 19 heavy (non-hydrogen) atoms. The Morgan fingerprint density at radius 1 is 1.11 bits per heavy atom. The van der Waals surface area contributed by atoms with Crippen LogP contribution in [0.1, 0.15) is 15.9 Å². The maximum Gasteiger partial charge on any atom is 0.339 e. The molecule has 0 aliphatic heterocycles. The van der Waals surface area contributed by atoms with Crippen LogP contribution in [0.15, 0.2) is 42.5 Å². The van der Waals surface area contributed by atoms with E-state index in [0.29, 0.717) is 5.56 Å². The van der Waals surface area contributed by atoms with E-state index in [-0.39, 0.29) is 17.9 Å². The van der Waals surface area contributed by atoms with Gasteiger partial charge in [0.1, 0.15) is 17.9 Å². The standard InChI is InChI=1S/C14H10F2O3/c15-11-6-5-9(7-12(11)16)8-19-13-4-2-1-3-10(13)14(17)18/h1-7H,8H2,(H,17,18). The Morgan fingerprint density at radius 3 is 2.53 bits per heavy atom. The molecule has 0 amide bonds. The van der Waals surface area contributed by atoms with Crippen LogP contribution < -0.4 is 4.74 Å². The van der Waals surface area contributed by atoms with Gasteiger partial charge in [-0.1, -0.05) is 18.2 Å². The molecule has 0 spiro atoms. The Bertz CT molecular complexity index is 611. The van der Waals surface area contributed by atoms with Gasteiger partial charge in [0.25, 0.3) is 0 Å². The molecule has 3 nitrogen and oxygen atoms in total. The molecule has 0 aliphatic rings. The molecule has 5 heteroatoms. The quantitative estimate of drug-likeness (QED) is 0.922. The van der Waals surface area contributed by atoms with E-state index in [1.807, 2.05) is 0 Å². The van der Waals surface area contributed by atoms with Crippen LogP contribution in [0.25, 0.3) is 0 Å². The summed E-state index contributed by atoms with van der Waals surface area (Å²) < 4.78 is 31.0. The highest BCUT2D eigenvalue weighted by molar-refractivity contribution is 5.90. The van der Waals surface area contributed by atoms with E-state index in [2.05, 4.69) is 0 Å². The zero-order valence-corrected chi connectivity index (χ0v) is 9.77. The highest BCUT2D eigenvalue weighted by Crippen LogP contribution is 2.19. The van der Waals surface area contributed by atoms with Crippen LogP contribution >= 0.6 is 0 Å². The Labute approximate surface area is 108 Å². The summed E-state index contributed by atoms with van der Waals surface area (Å²) in [4.78, 5) is 10.9. The van der Waals surface area contributed by atoms with Crippen molar-refractivity contribution in [2.75, 3.05) is 0 Å². The van der Waals surface area contributed by atoms with Gasteiger partial charge in [-0.2, -0.15) is 0 Å². The van der Waals surface area contributed by atoms with Gasteiger partial charge < -0.3 is 9.84 Å². The molecular formula is C14H10F2O3. The van der Waals surface area contributed by atoms with E-state index < -0.39 is 17.6 Å². The molecule has 2 aromatic carbocycles. The predicted molar refractivity (Wildman–Crippen MR) is 64.1 cm³/mol. The summed E-state index contributed by atoms with van der Waals surface area (Å²) in [5.74, 6) is -2.83. The van der Waals surface area contributed by atoms with E-state index in [1.165, 1.54) is 18.2 Å². The number of para-hydroxylation sites is 1. The van der Waals surface area contributed by atoms with Crippen molar-refractivity contribution in [2.24, 2.45) is 0 Å². The summed E-state index contributed by atoms with van der Waals surface area (Å²) in [6.07, 6.45) is 0. The lowest BCUT2D eigenvalue weighted by molar-refractivity contribution is 0.0691. The topological polar surface area (TPSA) is 46.5 Å². The van der Waals surface area contributed by atoms with Crippen LogP contribution in [-0.4, -0.2) is 11.1 Å². The summed E-state index contributed by atoms with van der Waals surface area (Å²) in [7, 11) is 0. The van der Waals surface area contributed by atoms with Crippen molar-refractivity contribution >= 4 is 5.97 Å². The molecule has 0 atom stereocenters. The molecule has 1 N–H and O–H groups in total. The van der Waals surface area contributed by atoms with Gasteiger partial charge in [-0.25, -0.2) is 13.6 Å². The normalized spacial score (nSPS) is 10.2. The monoisotopic (exact) mass is 264 g/mol. The van der Waals surface area contributed by atoms with Crippen LogP contribution in [0, 0.1) is 11.6 Å². The summed E-state index contributed by atoms with van der Waals surface area (Å²) in [6.45, 7) is -0.0402. The zero-order valence-electron chi connectivity index (χ0n) is 9.77. The first kappa shape index (κ1) is 13.0. The molecule has 0 heterocycles. The maximum absolute atomic E-state index is 13.0. The molecule has 0 saturated carbocycles. The van der Waals surface area contributed by atoms with E-state index in [0.717, 1.165) is 12.1 Å². The lowest BCUT2D eigenvalue weighted by Gasteiger charge is -2.09. The highest BCUT2D eigenvalue weighted by Gasteiger charge is 2.10. The maximum atomic E-state index is 13.0. The number of hydrogen-bond acceptors (Lipinski definition) is 2. The van der Waals surface area contributed by atoms with Crippen molar-refractivity contribution in [1.82, 2.24) is 0 Å². The second-order valence-electron chi connectivity index (χ2n) is 3.84. The van der Waals surface area contributed by atoms with Gasteiger partial charge in [0, 0.05) is 0 Å². The first-order valence-electron chi connectivity index (χ1n) is 5.47. The molecule has 2 rings (SSSR count). The smallest absolute Gasteiger partial charge is 0.339 e. The molecule has 0 aliphatic carbocycles. The fourth-order valence-electron chi connectivity index (χ4n) is 1.56. The van der Waals surface area contributed by atoms with E-state index in [9.17, 15) is 13.6 Å². The molecule has 0 aromatic heterocycles. The van der Waals surface area contributed by atoms with Crippen LogP contribution in [0.4, 0.5) is 8.78 Å². The van der Waals surface area contributed by atoms with Gasteiger partial charge in [0.05, 0.1) is 0 Å². The van der Waals surface area contributed by atoms with Crippen LogP contribution in [0.2, 0.25) is 0 Å². The Balaban J connectivity index is 2.14. The highest BCUT2D eigenvalue weighted by atomic mass is 19.2. The average Bonchev–Trinajstić information content (AvgIpc) is 2.40. The number of rotatable bonds is 4. The summed E-state index contributed by atoms with van der Waals surface area (Å²) in [6, 6.07) is 9.50. The third kappa shape index (κ3) is 3.07. The van der Waals surface area contributed by atoms with Crippen molar-refractivity contribution in [3.63, 3.8) is 0 Å². The van der Waals surface area contributed by atoms with Gasteiger partial charge in [-0.05, 0) is 29.8 Å². The SMILES string of the molecule is O=C(O)c1ccccc1OCc1ccc(F)c(F)c1. The second kappa shape index (κ2) is 5.48. The number of carbonyl (C=O) groups is 1. The number of ether oxygens (including phenoxy) is 1. The summed E-state index contributed by atoms with van der Waals surface area (Å²) >= 11 is 0. The summed E-state index contributed by atoms with van der Waals surface area (Å²) in [5.41, 5.74) is 0.434. The van der Waals surface area contributed by atoms with Crippen molar-refractivity contribution in [3.05, 3.63) is 65.2 Å². The Morgan fingerprint density at radius 2 is 1.84 bits per heavy atom. The van der Waals surface area contributed by atoms with Crippen molar-refractivity contribution in [2.45, 2.75) is 6.61 Å². The van der Waals surface area contributed by atoms with E-state index >= 15 is 0 Å². The zero-order chi connectivity index (χ0) is 13.8. The fourth-order valence-corrected chi connectivity index (χ4v) is 1.56. The molecule has 0 saturated heterocycles. The number of benzene rings is 2. The van der Waals surface area contributed by atoms with Crippen molar-refractivity contribution in [1.29, 1.82) is 0 Å². The minimum atomic E-state index is -1.11. The largest absolute Gasteiger partial charge is 0.488 e. The van der Waals surface area contributed by atoms with Gasteiger partial charge in [0.2, 0.25) is 0 Å². The Hall–Kier alpha value is -2.43. The van der Waals surface area contributed by atoms with Gasteiger partial charge in [-0.15, -0.1) is 0 Å². The van der Waals surface area contributed by atoms with Crippen molar-refractivity contribution < 1.29 is 23.4 Å². The second-order valence-corrected chi connectivity index (χ2v) is 3.84.